The van der Waals surface area contributed by atoms with Crippen molar-refractivity contribution in [3.63, 3.8) is 0 Å². The Labute approximate surface area is 120 Å². The number of quaternary nitrogens is 1. The molecule has 1 aliphatic rings. The van der Waals surface area contributed by atoms with E-state index < -0.39 is 0 Å². The molecule has 0 bridgehead atoms. The van der Waals surface area contributed by atoms with Crippen LogP contribution in [-0.4, -0.2) is 44.8 Å². The van der Waals surface area contributed by atoms with E-state index in [2.05, 4.69) is 25.1 Å². The van der Waals surface area contributed by atoms with Crippen molar-refractivity contribution < 1.29 is 28.5 Å². The topological polar surface area (TPSA) is 3.24 Å². The summed E-state index contributed by atoms with van der Waals surface area (Å²) >= 11 is 5.99. The van der Waals surface area contributed by atoms with E-state index in [4.69, 9.17) is 11.6 Å². The highest BCUT2D eigenvalue weighted by Gasteiger charge is 2.24. The van der Waals surface area contributed by atoms with E-state index in [1.54, 1.807) is 0 Å². The molecule has 1 heterocycles. The molecule has 16 heavy (non-hydrogen) atoms. The average Bonchev–Trinajstić information content (AvgIpc) is 2.17. The number of hydrogen-bond acceptors (Lipinski definition) is 1. The van der Waals surface area contributed by atoms with Crippen LogP contribution >= 0.6 is 11.6 Å². The minimum Gasteiger partial charge on any atom is -1.00 e. The molecule has 0 amide bonds. The van der Waals surface area contributed by atoms with Gasteiger partial charge in [0.25, 0.3) is 0 Å². The van der Waals surface area contributed by atoms with E-state index in [1.165, 1.54) is 18.8 Å². The maximum Gasteiger partial charge on any atom is 0.0961 e. The van der Waals surface area contributed by atoms with Crippen molar-refractivity contribution in [2.75, 3.05) is 45.2 Å². The Morgan fingerprint density at radius 1 is 1.19 bits per heavy atom. The average molecular weight is 353 g/mol. The zero-order valence-electron chi connectivity index (χ0n) is 9.79. The quantitative estimate of drug-likeness (QED) is 0.474. The number of benzene rings is 1. The van der Waals surface area contributed by atoms with Crippen LogP contribution in [0.2, 0.25) is 5.02 Å². The van der Waals surface area contributed by atoms with E-state index in [1.807, 2.05) is 18.2 Å². The second-order valence-electron chi connectivity index (χ2n) is 4.85. The molecule has 0 atom stereocenters. The normalized spacial score (nSPS) is 19.1. The van der Waals surface area contributed by atoms with Gasteiger partial charge in [-0.2, -0.15) is 0 Å². The summed E-state index contributed by atoms with van der Waals surface area (Å²) in [6, 6.07) is 8.13. The van der Waals surface area contributed by atoms with Crippen molar-refractivity contribution in [1.29, 1.82) is 0 Å². The van der Waals surface area contributed by atoms with E-state index in [-0.39, 0.29) is 24.0 Å². The van der Waals surface area contributed by atoms with Gasteiger partial charge in [0.05, 0.1) is 40.3 Å². The molecule has 2 rings (SSSR count). The Morgan fingerprint density at radius 3 is 2.38 bits per heavy atom. The third-order valence-corrected chi connectivity index (χ3v) is 3.36. The summed E-state index contributed by atoms with van der Waals surface area (Å²) in [5.74, 6) is 0. The molecule has 0 radical (unpaired) electrons. The highest BCUT2D eigenvalue weighted by molar-refractivity contribution is 6.30. The van der Waals surface area contributed by atoms with Crippen molar-refractivity contribution in [3.05, 3.63) is 29.3 Å². The molecule has 1 fully saturated rings. The molecule has 4 heteroatoms. The van der Waals surface area contributed by atoms with Crippen molar-refractivity contribution >= 4 is 17.3 Å². The number of anilines is 1. The van der Waals surface area contributed by atoms with Crippen LogP contribution in [0.25, 0.3) is 0 Å². The summed E-state index contributed by atoms with van der Waals surface area (Å²) in [4.78, 5) is 2.41. The lowest BCUT2D eigenvalue weighted by Gasteiger charge is -2.40. The van der Waals surface area contributed by atoms with E-state index >= 15 is 0 Å². The summed E-state index contributed by atoms with van der Waals surface area (Å²) < 4.78 is 1.12. The third kappa shape index (κ3) is 3.50. The smallest absolute Gasteiger partial charge is 0.0961 e. The lowest BCUT2D eigenvalue weighted by molar-refractivity contribution is -0.890. The zero-order chi connectivity index (χ0) is 10.9. The fourth-order valence-electron chi connectivity index (χ4n) is 1.94. The molecular formula is C12H18ClIN2. The summed E-state index contributed by atoms with van der Waals surface area (Å²) in [7, 11) is 4.57. The fourth-order valence-corrected chi connectivity index (χ4v) is 2.12. The van der Waals surface area contributed by atoms with Gasteiger partial charge in [-0.15, -0.1) is 0 Å². The number of rotatable bonds is 1. The molecule has 0 N–H and O–H groups in total. The molecule has 2 nitrogen and oxygen atoms in total. The number of hydrogen-bond donors (Lipinski definition) is 0. The molecule has 90 valence electrons. The van der Waals surface area contributed by atoms with Crippen LogP contribution in [-0.2, 0) is 0 Å². The Bertz CT molecular complexity index is 345. The van der Waals surface area contributed by atoms with Gasteiger partial charge in [-0.05, 0) is 18.2 Å². The van der Waals surface area contributed by atoms with Crippen molar-refractivity contribution in [2.24, 2.45) is 0 Å². The van der Waals surface area contributed by atoms with E-state index in [0.717, 1.165) is 22.6 Å². The van der Waals surface area contributed by atoms with Gasteiger partial charge in [0, 0.05) is 10.7 Å². The van der Waals surface area contributed by atoms with Gasteiger partial charge in [-0.3, -0.25) is 0 Å². The highest BCUT2D eigenvalue weighted by Crippen LogP contribution is 2.21. The Hall–Kier alpha value is -0.000000000000000111. The standard InChI is InChI=1S/C12H18ClN2.HI/c1-15(2)8-6-14(7-9-15)12-5-3-4-11(13)10-12;/h3-5,10H,6-9H2,1-2H3;1H/q+1;/p-1. The van der Waals surface area contributed by atoms with Gasteiger partial charge < -0.3 is 33.4 Å². The lowest BCUT2D eigenvalue weighted by Crippen LogP contribution is -3.00. The maximum absolute atomic E-state index is 5.99. The van der Waals surface area contributed by atoms with Gasteiger partial charge in [0.15, 0.2) is 0 Å². The highest BCUT2D eigenvalue weighted by atomic mass is 127. The molecule has 1 aromatic rings. The molecule has 1 aromatic carbocycles. The molecule has 0 aromatic heterocycles. The minimum absolute atomic E-state index is 0. The number of likely N-dealkylation sites (N-methyl/N-ethyl adjacent to an activating group) is 1. The molecule has 0 unspecified atom stereocenters. The van der Waals surface area contributed by atoms with Crippen LogP contribution in [0.5, 0.6) is 0 Å². The minimum atomic E-state index is 0. The largest absolute Gasteiger partial charge is 1.00 e. The monoisotopic (exact) mass is 352 g/mol. The van der Waals surface area contributed by atoms with Crippen LogP contribution < -0.4 is 28.9 Å². The number of nitrogens with zero attached hydrogens (tertiary/aromatic N) is 2. The predicted molar refractivity (Wildman–Crippen MR) is 65.5 cm³/mol. The maximum atomic E-state index is 5.99. The van der Waals surface area contributed by atoms with Crippen molar-refractivity contribution in [1.82, 2.24) is 0 Å². The Balaban J connectivity index is 0.00000128. The van der Waals surface area contributed by atoms with E-state index in [9.17, 15) is 0 Å². The van der Waals surface area contributed by atoms with Gasteiger partial charge in [-0.1, -0.05) is 17.7 Å². The predicted octanol–water partition coefficient (Wildman–Crippen LogP) is -0.760. The summed E-state index contributed by atoms with van der Waals surface area (Å²) in [6.07, 6.45) is 0. The van der Waals surface area contributed by atoms with Crippen LogP contribution in [0.15, 0.2) is 24.3 Å². The molecule has 0 spiro atoms. The van der Waals surface area contributed by atoms with Crippen LogP contribution in [0.4, 0.5) is 5.69 Å². The van der Waals surface area contributed by atoms with Crippen molar-refractivity contribution in [2.45, 2.75) is 0 Å². The Kier molecular flexibility index (Phi) is 4.88. The number of halogens is 2. The SMILES string of the molecule is C[N+]1(C)CCN(c2cccc(Cl)c2)CC1.[I-]. The van der Waals surface area contributed by atoms with Crippen LogP contribution in [0.1, 0.15) is 0 Å². The zero-order valence-corrected chi connectivity index (χ0v) is 12.7. The van der Waals surface area contributed by atoms with Gasteiger partial charge in [-0.25, -0.2) is 0 Å². The number of piperazine rings is 1. The molecule has 0 saturated carbocycles. The molecular weight excluding hydrogens is 335 g/mol. The first-order valence-corrected chi connectivity index (χ1v) is 5.77. The van der Waals surface area contributed by atoms with Gasteiger partial charge in [0.1, 0.15) is 0 Å². The fraction of sp³-hybridized carbons (Fsp3) is 0.500. The van der Waals surface area contributed by atoms with Gasteiger partial charge in [0.2, 0.25) is 0 Å². The molecule has 1 aliphatic heterocycles. The second kappa shape index (κ2) is 5.56. The summed E-state index contributed by atoms with van der Waals surface area (Å²) in [6.45, 7) is 4.64. The van der Waals surface area contributed by atoms with Crippen LogP contribution in [0, 0.1) is 0 Å². The molecule has 1 saturated heterocycles. The summed E-state index contributed by atoms with van der Waals surface area (Å²) in [5.41, 5.74) is 1.25. The van der Waals surface area contributed by atoms with E-state index in [0.29, 0.717) is 0 Å². The Morgan fingerprint density at radius 2 is 1.81 bits per heavy atom. The third-order valence-electron chi connectivity index (χ3n) is 3.12. The first kappa shape index (κ1) is 14.1. The first-order valence-electron chi connectivity index (χ1n) is 5.39. The molecule has 0 aliphatic carbocycles. The van der Waals surface area contributed by atoms with Gasteiger partial charge >= 0.3 is 0 Å². The summed E-state index contributed by atoms with van der Waals surface area (Å²) in [5, 5.41) is 0.826. The van der Waals surface area contributed by atoms with Crippen LogP contribution in [0.3, 0.4) is 0 Å². The second-order valence-corrected chi connectivity index (χ2v) is 5.29. The first-order chi connectivity index (χ1) is 7.07. The van der Waals surface area contributed by atoms with Crippen molar-refractivity contribution in [3.8, 4) is 0 Å². The lowest BCUT2D eigenvalue weighted by atomic mass is 10.2.